The molecule has 4 N–H and O–H groups in total. The number of tetrazole rings is 1. The van der Waals surface area contributed by atoms with Crippen LogP contribution in [0.4, 0.5) is 5.69 Å². The molecule has 5 aromatic rings. The third-order valence-corrected chi connectivity index (χ3v) is 7.79. The molecule has 3 unspecified atom stereocenters. The maximum Gasteiger partial charge on any atom is 0.244 e. The van der Waals surface area contributed by atoms with E-state index in [4.69, 9.17) is 17.3 Å². The Morgan fingerprint density at radius 3 is 2.56 bits per heavy atom. The highest BCUT2D eigenvalue weighted by Gasteiger charge is 2.35. The van der Waals surface area contributed by atoms with Gasteiger partial charge in [-0.3, -0.25) is 9.59 Å². The SMILES string of the molecule is NC1CC1CC(=O)Nc1ccc(-c2cnnc(C(Cc3ccccc3)NC(=O)/C=C/c3cc(Cl)ccc3-n3cnnn3)c2)cc1. The molecule has 2 heterocycles. The van der Waals surface area contributed by atoms with E-state index < -0.39 is 6.04 Å². The van der Waals surface area contributed by atoms with Crippen molar-refractivity contribution in [2.45, 2.75) is 31.3 Å². The van der Waals surface area contributed by atoms with Gasteiger partial charge in [0.1, 0.15) is 6.33 Å². The lowest BCUT2D eigenvalue weighted by Crippen LogP contribution is -2.29. The van der Waals surface area contributed by atoms with Crippen LogP contribution in [0, 0.1) is 5.92 Å². The van der Waals surface area contributed by atoms with Crippen LogP contribution in [0.5, 0.6) is 0 Å². The molecule has 2 amide bonds. The second kappa shape index (κ2) is 13.6. The molecule has 3 aromatic carbocycles. The van der Waals surface area contributed by atoms with Crippen molar-refractivity contribution in [1.29, 1.82) is 0 Å². The van der Waals surface area contributed by atoms with Crippen LogP contribution in [0.3, 0.4) is 0 Å². The van der Waals surface area contributed by atoms with E-state index in [1.165, 1.54) is 17.1 Å². The van der Waals surface area contributed by atoms with Crippen LogP contribution < -0.4 is 16.4 Å². The van der Waals surface area contributed by atoms with E-state index in [9.17, 15) is 9.59 Å². The van der Waals surface area contributed by atoms with Crippen LogP contribution in [-0.2, 0) is 16.0 Å². The summed E-state index contributed by atoms with van der Waals surface area (Å²) in [5, 5.41) is 26.5. The Labute approximate surface area is 264 Å². The molecule has 0 radical (unpaired) electrons. The van der Waals surface area contributed by atoms with Crippen LogP contribution in [0.2, 0.25) is 5.02 Å². The number of anilines is 1. The van der Waals surface area contributed by atoms with Gasteiger partial charge in [0.25, 0.3) is 0 Å². The maximum absolute atomic E-state index is 13.3. The summed E-state index contributed by atoms with van der Waals surface area (Å²) in [5.41, 5.74) is 11.2. The van der Waals surface area contributed by atoms with Crippen molar-refractivity contribution in [3.63, 3.8) is 0 Å². The Morgan fingerprint density at radius 2 is 1.82 bits per heavy atom. The number of nitrogens with zero attached hydrogens (tertiary/aromatic N) is 6. The van der Waals surface area contributed by atoms with Gasteiger partial charge >= 0.3 is 0 Å². The second-order valence-corrected chi connectivity index (χ2v) is 11.3. The molecule has 45 heavy (non-hydrogen) atoms. The zero-order valence-corrected chi connectivity index (χ0v) is 24.9. The quantitative estimate of drug-likeness (QED) is 0.182. The highest BCUT2D eigenvalue weighted by Crippen LogP contribution is 2.32. The van der Waals surface area contributed by atoms with E-state index in [2.05, 4.69) is 36.4 Å². The Kier molecular flexibility index (Phi) is 8.99. The number of carbonyl (C=O) groups excluding carboxylic acids is 2. The summed E-state index contributed by atoms with van der Waals surface area (Å²) in [6.45, 7) is 0. The number of nitrogens with one attached hydrogen (secondary N) is 2. The molecule has 226 valence electrons. The van der Waals surface area contributed by atoms with Crippen LogP contribution >= 0.6 is 11.6 Å². The molecule has 3 atom stereocenters. The Balaban J connectivity index is 1.20. The van der Waals surface area contributed by atoms with E-state index in [1.54, 1.807) is 30.5 Å². The first-order chi connectivity index (χ1) is 21.9. The molecule has 1 saturated carbocycles. The van der Waals surface area contributed by atoms with Crippen LogP contribution in [0.25, 0.3) is 22.9 Å². The molecule has 1 aliphatic rings. The molecule has 1 aliphatic carbocycles. The second-order valence-electron chi connectivity index (χ2n) is 10.9. The van der Waals surface area contributed by atoms with E-state index in [0.29, 0.717) is 40.5 Å². The first-order valence-corrected chi connectivity index (χ1v) is 14.8. The highest BCUT2D eigenvalue weighted by atomic mass is 35.5. The minimum Gasteiger partial charge on any atom is -0.344 e. The number of benzene rings is 3. The van der Waals surface area contributed by atoms with Gasteiger partial charge < -0.3 is 16.4 Å². The summed E-state index contributed by atoms with van der Waals surface area (Å²) in [6, 6.07) is 24.2. The van der Waals surface area contributed by atoms with Crippen LogP contribution in [-0.4, -0.2) is 48.3 Å². The normalized spacial score (nSPS) is 16.3. The highest BCUT2D eigenvalue weighted by molar-refractivity contribution is 6.30. The fraction of sp³-hybridized carbons (Fsp3) is 0.182. The third-order valence-electron chi connectivity index (χ3n) is 7.56. The largest absolute Gasteiger partial charge is 0.344 e. The zero-order valence-electron chi connectivity index (χ0n) is 24.1. The summed E-state index contributed by atoms with van der Waals surface area (Å²) >= 11 is 6.24. The number of halogens is 1. The minimum absolute atomic E-state index is 0.0379. The van der Waals surface area contributed by atoms with Crippen molar-refractivity contribution in [3.8, 4) is 16.8 Å². The van der Waals surface area contributed by atoms with Crippen molar-refractivity contribution in [2.24, 2.45) is 11.7 Å². The summed E-state index contributed by atoms with van der Waals surface area (Å²) in [4.78, 5) is 25.6. The smallest absolute Gasteiger partial charge is 0.244 e. The van der Waals surface area contributed by atoms with Crippen molar-refractivity contribution < 1.29 is 9.59 Å². The Hall–Kier alpha value is -5.26. The van der Waals surface area contributed by atoms with E-state index in [0.717, 1.165) is 23.1 Å². The Bertz CT molecular complexity index is 1810. The van der Waals surface area contributed by atoms with Gasteiger partial charge in [-0.1, -0.05) is 54.1 Å². The van der Waals surface area contributed by atoms with Gasteiger partial charge in [-0.05, 0) is 82.8 Å². The molecule has 0 spiro atoms. The van der Waals surface area contributed by atoms with Crippen molar-refractivity contribution in [3.05, 3.63) is 119 Å². The topological polar surface area (TPSA) is 154 Å². The fourth-order valence-corrected chi connectivity index (χ4v) is 5.20. The predicted molar refractivity (Wildman–Crippen MR) is 171 cm³/mol. The van der Waals surface area contributed by atoms with Gasteiger partial charge in [0.05, 0.1) is 23.6 Å². The maximum atomic E-state index is 13.3. The summed E-state index contributed by atoms with van der Waals surface area (Å²) in [6.07, 6.45) is 8.09. The van der Waals surface area contributed by atoms with Gasteiger partial charge in [0, 0.05) is 40.4 Å². The minimum atomic E-state index is -0.470. The predicted octanol–water partition coefficient (Wildman–Crippen LogP) is 4.56. The van der Waals surface area contributed by atoms with Gasteiger partial charge in [-0.25, -0.2) is 0 Å². The first kappa shape index (κ1) is 29.8. The number of nitrogens with two attached hydrogens (primary N) is 1. The Morgan fingerprint density at radius 1 is 1.02 bits per heavy atom. The lowest BCUT2D eigenvalue weighted by molar-refractivity contribution is -0.117. The molecular weight excluding hydrogens is 590 g/mol. The molecule has 0 saturated heterocycles. The molecule has 6 rings (SSSR count). The number of aromatic nitrogens is 6. The fourth-order valence-electron chi connectivity index (χ4n) is 5.02. The molecule has 0 bridgehead atoms. The van der Waals surface area contributed by atoms with Crippen molar-refractivity contribution in [2.75, 3.05) is 5.32 Å². The number of amides is 2. The molecule has 11 nitrogen and oxygen atoms in total. The summed E-state index contributed by atoms with van der Waals surface area (Å²) < 4.78 is 1.50. The monoisotopic (exact) mass is 619 g/mol. The van der Waals surface area contributed by atoms with Gasteiger partial charge in [0.2, 0.25) is 11.8 Å². The van der Waals surface area contributed by atoms with E-state index >= 15 is 0 Å². The van der Waals surface area contributed by atoms with E-state index in [-0.39, 0.29) is 23.8 Å². The number of hydrogen-bond donors (Lipinski definition) is 3. The van der Waals surface area contributed by atoms with Gasteiger partial charge in [0.15, 0.2) is 0 Å². The number of rotatable bonds is 11. The average molecular weight is 620 g/mol. The molecule has 0 aliphatic heterocycles. The number of carbonyl (C=O) groups is 2. The lowest BCUT2D eigenvalue weighted by Gasteiger charge is -2.18. The summed E-state index contributed by atoms with van der Waals surface area (Å²) in [5.74, 6) is -0.0842. The van der Waals surface area contributed by atoms with Crippen molar-refractivity contribution in [1.82, 2.24) is 35.7 Å². The molecular formula is C33H30ClN9O2. The average Bonchev–Trinajstić information content (AvgIpc) is 3.47. The van der Waals surface area contributed by atoms with Gasteiger partial charge in [-0.2, -0.15) is 14.9 Å². The number of hydrogen-bond acceptors (Lipinski definition) is 8. The van der Waals surface area contributed by atoms with E-state index in [1.807, 2.05) is 60.7 Å². The van der Waals surface area contributed by atoms with Crippen LogP contribution in [0.15, 0.2) is 97.5 Å². The summed E-state index contributed by atoms with van der Waals surface area (Å²) in [7, 11) is 0. The molecule has 12 heteroatoms. The van der Waals surface area contributed by atoms with Gasteiger partial charge in [-0.15, -0.1) is 5.10 Å². The first-order valence-electron chi connectivity index (χ1n) is 14.4. The standard InChI is InChI=1S/C33H30ClN9O2/c34-26-9-12-31(43-20-37-41-42-43)23(15-26)8-13-32(44)39-29(14-21-4-2-1-3-5-21)30-17-25(19-36-40-30)22-6-10-27(11-7-22)38-33(45)18-24-16-28(24)35/h1-13,15,17,19-20,24,28-29H,14,16,18,35H2,(H,38,45)(H,39,44)/b13-8+. The zero-order chi connectivity index (χ0) is 31.2. The van der Waals surface area contributed by atoms with Crippen molar-refractivity contribution >= 4 is 35.2 Å². The third kappa shape index (κ3) is 7.83. The molecule has 1 fully saturated rings. The lowest BCUT2D eigenvalue weighted by atomic mass is 10.00. The van der Waals surface area contributed by atoms with Crippen LogP contribution in [0.1, 0.15) is 35.7 Å². The molecule has 2 aromatic heterocycles.